The summed E-state index contributed by atoms with van der Waals surface area (Å²) in [6.45, 7) is 4.96. The molecule has 2 atom stereocenters. The molecule has 1 aliphatic heterocycles. The number of carbonyl (C=O) groups excluding carboxylic acids is 2. The number of amides is 2. The Hall–Kier alpha value is -4.28. The van der Waals surface area contributed by atoms with Crippen molar-refractivity contribution in [2.45, 2.75) is 38.2 Å². The Labute approximate surface area is 246 Å². The highest BCUT2D eigenvalue weighted by Gasteiger charge is 2.45. The van der Waals surface area contributed by atoms with Gasteiger partial charge in [-0.05, 0) is 68.8 Å². The minimum Gasteiger partial charge on any atom is -0.494 e. The van der Waals surface area contributed by atoms with Gasteiger partial charge in [-0.1, -0.05) is 18.5 Å². The summed E-state index contributed by atoms with van der Waals surface area (Å²) >= 11 is 6.27. The van der Waals surface area contributed by atoms with Crippen molar-refractivity contribution in [3.63, 3.8) is 0 Å². The van der Waals surface area contributed by atoms with E-state index in [4.69, 9.17) is 31.8 Å². The van der Waals surface area contributed by atoms with Crippen LogP contribution in [-0.4, -0.2) is 47.2 Å². The first kappa shape index (κ1) is 29.2. The van der Waals surface area contributed by atoms with Gasteiger partial charge in [0, 0.05) is 22.1 Å². The van der Waals surface area contributed by atoms with Crippen molar-refractivity contribution >= 4 is 34.3 Å². The quantitative estimate of drug-likeness (QED) is 0.273. The summed E-state index contributed by atoms with van der Waals surface area (Å²) in [7, 11) is 1.49. The van der Waals surface area contributed by atoms with E-state index in [0.717, 1.165) is 0 Å². The molecule has 0 spiro atoms. The second-order valence-corrected chi connectivity index (χ2v) is 11.0. The lowest BCUT2D eigenvalue weighted by Crippen LogP contribution is -2.42. The minimum absolute atomic E-state index is 0.0134. The molecule has 3 heterocycles. The highest BCUT2D eigenvalue weighted by molar-refractivity contribution is 6.31. The molecule has 0 bridgehead atoms. The number of aromatic nitrogens is 2. The number of hydrogen-bond donors (Lipinski definition) is 3. The minimum atomic E-state index is -1.65. The third-order valence-corrected chi connectivity index (χ3v) is 8.21. The number of methoxy groups -OCH3 is 1. The predicted molar refractivity (Wildman–Crippen MR) is 156 cm³/mol. The zero-order valence-corrected chi connectivity index (χ0v) is 24.3. The van der Waals surface area contributed by atoms with E-state index in [1.54, 1.807) is 45.0 Å². The number of nitrogens with two attached hydrogens (primary N) is 1. The summed E-state index contributed by atoms with van der Waals surface area (Å²) < 4.78 is 25.1. The van der Waals surface area contributed by atoms with Crippen LogP contribution in [0, 0.1) is 12.7 Å². The van der Waals surface area contributed by atoms with E-state index in [-0.39, 0.29) is 30.8 Å². The molecule has 1 aliphatic rings. The fourth-order valence-corrected chi connectivity index (χ4v) is 5.12. The zero-order valence-electron chi connectivity index (χ0n) is 23.5. The van der Waals surface area contributed by atoms with Crippen molar-refractivity contribution in [1.82, 2.24) is 15.3 Å². The number of aryl methyl sites for hydroxylation is 1. The van der Waals surface area contributed by atoms with Gasteiger partial charge in [0.15, 0.2) is 0 Å². The second kappa shape index (κ2) is 10.8. The lowest BCUT2D eigenvalue weighted by atomic mass is 9.81. The number of ether oxygens (including phenoxy) is 2. The molecule has 9 nitrogen and oxygen atoms in total. The molecule has 4 N–H and O–H groups in total. The molecule has 2 aromatic heterocycles. The Morgan fingerprint density at radius 1 is 1.21 bits per heavy atom. The molecule has 4 aromatic rings. The van der Waals surface area contributed by atoms with E-state index in [9.17, 15) is 19.1 Å². The van der Waals surface area contributed by atoms with E-state index in [1.807, 2.05) is 0 Å². The SMILES string of the molecule is CCC(O)(CNC(=O)c1cc(OC)c2nc(C)c(Cl)cc2c1)c1cc2c(c(-c3ccc(F)cc3)n1)OCC2(C)C(N)=O. The maximum Gasteiger partial charge on any atom is 0.251 e. The lowest BCUT2D eigenvalue weighted by Gasteiger charge is -2.29. The molecule has 0 saturated carbocycles. The van der Waals surface area contributed by atoms with Gasteiger partial charge in [0.05, 0.1) is 30.1 Å². The molecular formula is C31H30ClFN4O5. The summed E-state index contributed by atoms with van der Waals surface area (Å²) in [6.07, 6.45) is 0.163. The van der Waals surface area contributed by atoms with E-state index in [0.29, 0.717) is 49.9 Å². The molecule has 2 amide bonds. The fraction of sp³-hybridized carbons (Fsp3) is 0.290. The molecule has 218 valence electrons. The first-order valence-corrected chi connectivity index (χ1v) is 13.7. The third kappa shape index (κ3) is 5.01. The monoisotopic (exact) mass is 592 g/mol. The van der Waals surface area contributed by atoms with Crippen molar-refractivity contribution in [3.05, 3.63) is 81.9 Å². The number of halogens is 2. The molecule has 0 aliphatic carbocycles. The van der Waals surface area contributed by atoms with Crippen LogP contribution in [0.4, 0.5) is 4.39 Å². The summed E-state index contributed by atoms with van der Waals surface area (Å²) in [4.78, 5) is 35.0. The van der Waals surface area contributed by atoms with Crippen LogP contribution in [0.5, 0.6) is 11.5 Å². The van der Waals surface area contributed by atoms with E-state index >= 15 is 0 Å². The maximum absolute atomic E-state index is 13.7. The molecule has 0 fully saturated rings. The van der Waals surface area contributed by atoms with Crippen LogP contribution in [-0.2, 0) is 15.8 Å². The molecule has 0 saturated heterocycles. The summed E-state index contributed by atoms with van der Waals surface area (Å²) in [5, 5.41) is 15.7. The van der Waals surface area contributed by atoms with Gasteiger partial charge in [0.2, 0.25) is 5.91 Å². The smallest absolute Gasteiger partial charge is 0.251 e. The fourth-order valence-electron chi connectivity index (χ4n) is 4.96. The number of pyridine rings is 2. The predicted octanol–water partition coefficient (Wildman–Crippen LogP) is 4.57. The van der Waals surface area contributed by atoms with Crippen molar-refractivity contribution in [2.24, 2.45) is 5.73 Å². The van der Waals surface area contributed by atoms with Gasteiger partial charge >= 0.3 is 0 Å². The molecular weight excluding hydrogens is 563 g/mol. The van der Waals surface area contributed by atoms with Crippen LogP contribution in [0.1, 0.15) is 47.6 Å². The highest BCUT2D eigenvalue weighted by Crippen LogP contribution is 2.45. The topological polar surface area (TPSA) is 137 Å². The molecule has 2 unspecified atom stereocenters. The Morgan fingerprint density at radius 3 is 2.57 bits per heavy atom. The number of fused-ring (bicyclic) bond motifs is 2. The Kier molecular flexibility index (Phi) is 7.55. The number of aliphatic hydroxyl groups is 1. The number of hydrogen-bond acceptors (Lipinski definition) is 7. The van der Waals surface area contributed by atoms with Crippen LogP contribution >= 0.6 is 11.6 Å². The van der Waals surface area contributed by atoms with Gasteiger partial charge in [-0.25, -0.2) is 14.4 Å². The number of carbonyl (C=O) groups is 2. The largest absolute Gasteiger partial charge is 0.494 e. The van der Waals surface area contributed by atoms with Gasteiger partial charge < -0.3 is 25.6 Å². The van der Waals surface area contributed by atoms with Crippen LogP contribution in [0.2, 0.25) is 5.02 Å². The number of rotatable bonds is 8. The summed E-state index contributed by atoms with van der Waals surface area (Å²) in [5.41, 5.74) is 5.90. The Morgan fingerprint density at radius 2 is 1.93 bits per heavy atom. The van der Waals surface area contributed by atoms with Crippen molar-refractivity contribution < 1.29 is 28.6 Å². The average molecular weight is 593 g/mol. The molecule has 11 heteroatoms. The highest BCUT2D eigenvalue weighted by atomic mass is 35.5. The van der Waals surface area contributed by atoms with Crippen molar-refractivity contribution in [2.75, 3.05) is 20.3 Å². The molecule has 0 radical (unpaired) electrons. The summed E-state index contributed by atoms with van der Waals surface area (Å²) in [6, 6.07) is 12.2. The average Bonchev–Trinajstić information content (AvgIpc) is 3.33. The van der Waals surface area contributed by atoms with Crippen molar-refractivity contribution in [1.29, 1.82) is 0 Å². The first-order valence-electron chi connectivity index (χ1n) is 13.3. The molecule has 42 heavy (non-hydrogen) atoms. The van der Waals surface area contributed by atoms with E-state index in [2.05, 4.69) is 10.3 Å². The Balaban J connectivity index is 1.52. The normalized spacial score (nSPS) is 17.3. The first-order chi connectivity index (χ1) is 19.9. The van der Waals surface area contributed by atoms with Crippen LogP contribution < -0.4 is 20.5 Å². The van der Waals surface area contributed by atoms with Gasteiger partial charge in [0.25, 0.3) is 5.91 Å². The number of nitrogens with zero attached hydrogens (tertiary/aromatic N) is 2. The van der Waals surface area contributed by atoms with Crippen LogP contribution in [0.25, 0.3) is 22.2 Å². The second-order valence-electron chi connectivity index (χ2n) is 10.6. The van der Waals surface area contributed by atoms with Gasteiger partial charge in [0.1, 0.15) is 46.1 Å². The zero-order chi connectivity index (χ0) is 30.4. The van der Waals surface area contributed by atoms with Gasteiger partial charge in [-0.2, -0.15) is 0 Å². The van der Waals surface area contributed by atoms with Gasteiger partial charge in [-0.3, -0.25) is 9.59 Å². The van der Waals surface area contributed by atoms with Crippen molar-refractivity contribution in [3.8, 4) is 22.8 Å². The number of primary amides is 1. The standard InChI is InChI=1S/C31H30ClFN4O5/c1-5-31(40,14-35-28(38)19-10-18-11-22(32)16(2)36-25(18)23(12-19)41-4)24-13-21-27(42-15-30(21,3)29(34)39)26(37-24)17-6-8-20(33)9-7-17/h6-13,40H,5,14-15H2,1-4H3,(H2,34,39)(H,35,38). The summed E-state index contributed by atoms with van der Waals surface area (Å²) in [5.74, 6) is -0.769. The Bertz CT molecular complexity index is 1730. The number of nitrogens with one attached hydrogen (secondary N) is 1. The van der Waals surface area contributed by atoms with Crippen LogP contribution in [0.15, 0.2) is 48.5 Å². The lowest BCUT2D eigenvalue weighted by molar-refractivity contribution is -0.123. The molecule has 5 rings (SSSR count). The van der Waals surface area contributed by atoms with E-state index < -0.39 is 28.6 Å². The molecule has 2 aromatic carbocycles. The van der Waals surface area contributed by atoms with Crippen LogP contribution in [0.3, 0.4) is 0 Å². The third-order valence-electron chi connectivity index (χ3n) is 7.83. The number of benzene rings is 2. The van der Waals surface area contributed by atoms with E-state index in [1.165, 1.54) is 31.4 Å². The maximum atomic E-state index is 13.7. The van der Waals surface area contributed by atoms with Gasteiger partial charge in [-0.15, -0.1) is 0 Å².